The summed E-state index contributed by atoms with van der Waals surface area (Å²) in [6, 6.07) is 23.0. The number of carbonyl (C=O) groups excluding carboxylic acids is 3. The highest BCUT2D eigenvalue weighted by Crippen LogP contribution is 2.38. The molecule has 0 spiro atoms. The highest BCUT2D eigenvalue weighted by molar-refractivity contribution is 6.39. The molecule has 1 aliphatic heterocycles. The number of benzene rings is 4. The Balaban J connectivity index is 1.34. The fourth-order valence-corrected chi connectivity index (χ4v) is 4.95. The highest BCUT2D eigenvalue weighted by atomic mass is 35.5. The van der Waals surface area contributed by atoms with Gasteiger partial charge in [0.25, 0.3) is 11.8 Å². The SMILES string of the molecule is COc1cc(/C=C2\C(=O)NC(=O)N(c3ccc(OCc4ccccc4Cl)cc3)C2=O)cc(Cl)c1OCc1cccc(Cl)c1. The first kappa shape index (κ1) is 30.0. The molecule has 5 rings (SSSR count). The number of hydrogen-bond acceptors (Lipinski definition) is 6. The second-order valence-electron chi connectivity index (χ2n) is 9.28. The number of imide groups is 2. The molecule has 1 fully saturated rings. The lowest BCUT2D eigenvalue weighted by Gasteiger charge is -2.26. The predicted octanol–water partition coefficient (Wildman–Crippen LogP) is 7.48. The molecule has 1 N–H and O–H groups in total. The first-order valence-electron chi connectivity index (χ1n) is 12.9. The molecule has 1 saturated heterocycles. The fourth-order valence-electron chi connectivity index (χ4n) is 4.27. The maximum absolute atomic E-state index is 13.4. The van der Waals surface area contributed by atoms with E-state index in [9.17, 15) is 14.4 Å². The summed E-state index contributed by atoms with van der Waals surface area (Å²) in [5, 5.41) is 3.55. The van der Waals surface area contributed by atoms with Crippen molar-refractivity contribution in [2.75, 3.05) is 12.0 Å². The van der Waals surface area contributed by atoms with Crippen molar-refractivity contribution in [2.24, 2.45) is 0 Å². The van der Waals surface area contributed by atoms with E-state index >= 15 is 0 Å². The number of amides is 4. The van der Waals surface area contributed by atoms with Crippen LogP contribution in [-0.2, 0) is 22.8 Å². The summed E-state index contributed by atoms with van der Waals surface area (Å²) in [7, 11) is 1.44. The molecule has 0 bridgehead atoms. The van der Waals surface area contributed by atoms with Crippen LogP contribution in [0.25, 0.3) is 6.08 Å². The maximum atomic E-state index is 13.4. The molecular formula is C32H23Cl3N2O6. The maximum Gasteiger partial charge on any atom is 0.335 e. The minimum absolute atomic E-state index is 0.179. The van der Waals surface area contributed by atoms with Crippen LogP contribution in [-0.4, -0.2) is 25.0 Å². The topological polar surface area (TPSA) is 94.2 Å². The van der Waals surface area contributed by atoms with Gasteiger partial charge in [0.1, 0.15) is 24.5 Å². The summed E-state index contributed by atoms with van der Waals surface area (Å²) >= 11 is 18.7. The highest BCUT2D eigenvalue weighted by Gasteiger charge is 2.37. The second kappa shape index (κ2) is 13.2. The van der Waals surface area contributed by atoms with Gasteiger partial charge in [-0.15, -0.1) is 0 Å². The Hall–Kier alpha value is -4.50. The van der Waals surface area contributed by atoms with Gasteiger partial charge in [0.05, 0.1) is 17.8 Å². The predicted molar refractivity (Wildman–Crippen MR) is 165 cm³/mol. The van der Waals surface area contributed by atoms with Crippen molar-refractivity contribution in [3.8, 4) is 17.2 Å². The van der Waals surface area contributed by atoms with E-state index in [4.69, 9.17) is 49.0 Å². The van der Waals surface area contributed by atoms with Crippen molar-refractivity contribution in [2.45, 2.75) is 13.2 Å². The first-order chi connectivity index (χ1) is 20.7. The van der Waals surface area contributed by atoms with Gasteiger partial charge < -0.3 is 14.2 Å². The summed E-state index contributed by atoms with van der Waals surface area (Å²) < 4.78 is 17.1. The normalized spacial score (nSPS) is 14.1. The van der Waals surface area contributed by atoms with Crippen LogP contribution in [0.3, 0.4) is 0 Å². The van der Waals surface area contributed by atoms with Crippen molar-refractivity contribution in [3.05, 3.63) is 122 Å². The minimum Gasteiger partial charge on any atom is -0.493 e. The van der Waals surface area contributed by atoms with E-state index in [1.54, 1.807) is 54.6 Å². The molecule has 4 amide bonds. The van der Waals surface area contributed by atoms with Crippen molar-refractivity contribution < 1.29 is 28.6 Å². The zero-order valence-corrected chi connectivity index (χ0v) is 24.9. The van der Waals surface area contributed by atoms with E-state index in [-0.39, 0.29) is 41.0 Å². The Morgan fingerprint density at radius 3 is 2.30 bits per heavy atom. The zero-order valence-electron chi connectivity index (χ0n) is 22.6. The summed E-state index contributed by atoms with van der Waals surface area (Å²) in [5.74, 6) is -0.596. The van der Waals surface area contributed by atoms with Crippen LogP contribution in [0.15, 0.2) is 90.5 Å². The molecule has 0 aliphatic carbocycles. The van der Waals surface area contributed by atoms with E-state index in [2.05, 4.69) is 5.32 Å². The Kier molecular flexibility index (Phi) is 9.21. The van der Waals surface area contributed by atoms with Gasteiger partial charge in [0.15, 0.2) is 11.5 Å². The number of rotatable bonds is 9. The third kappa shape index (κ3) is 6.94. The van der Waals surface area contributed by atoms with E-state index in [0.717, 1.165) is 16.0 Å². The number of hydrogen-bond donors (Lipinski definition) is 1. The quantitative estimate of drug-likeness (QED) is 0.151. The Bertz CT molecular complexity index is 1740. The molecular weight excluding hydrogens is 615 g/mol. The van der Waals surface area contributed by atoms with Gasteiger partial charge in [-0.2, -0.15) is 0 Å². The number of carbonyl (C=O) groups is 3. The van der Waals surface area contributed by atoms with Crippen molar-refractivity contribution in [1.82, 2.24) is 5.32 Å². The smallest absolute Gasteiger partial charge is 0.335 e. The molecule has 8 nitrogen and oxygen atoms in total. The number of ether oxygens (including phenoxy) is 3. The first-order valence-corrected chi connectivity index (χ1v) is 14.0. The fraction of sp³-hybridized carbons (Fsp3) is 0.0938. The van der Waals surface area contributed by atoms with Crippen LogP contribution in [0.1, 0.15) is 16.7 Å². The lowest BCUT2D eigenvalue weighted by Crippen LogP contribution is -2.54. The molecule has 0 atom stereocenters. The van der Waals surface area contributed by atoms with E-state index in [1.807, 2.05) is 24.3 Å². The molecule has 0 unspecified atom stereocenters. The number of methoxy groups -OCH3 is 1. The number of anilines is 1. The van der Waals surface area contributed by atoms with Crippen molar-refractivity contribution in [3.63, 3.8) is 0 Å². The average molecular weight is 638 g/mol. The molecule has 11 heteroatoms. The molecule has 0 aromatic heterocycles. The minimum atomic E-state index is -0.878. The van der Waals surface area contributed by atoms with Gasteiger partial charge in [-0.3, -0.25) is 14.9 Å². The van der Waals surface area contributed by atoms with E-state index < -0.39 is 17.8 Å². The van der Waals surface area contributed by atoms with Crippen LogP contribution in [0, 0.1) is 0 Å². The van der Waals surface area contributed by atoms with E-state index in [0.29, 0.717) is 21.4 Å². The summed E-state index contributed by atoms with van der Waals surface area (Å²) in [4.78, 5) is 39.7. The summed E-state index contributed by atoms with van der Waals surface area (Å²) in [5.41, 5.74) is 1.99. The number of barbiturate groups is 1. The number of nitrogens with one attached hydrogen (secondary N) is 1. The van der Waals surface area contributed by atoms with Gasteiger partial charge in [0.2, 0.25) is 0 Å². The van der Waals surface area contributed by atoms with Crippen LogP contribution < -0.4 is 24.4 Å². The molecule has 0 saturated carbocycles. The molecule has 4 aromatic carbocycles. The summed E-state index contributed by atoms with van der Waals surface area (Å²) in [6.07, 6.45) is 1.33. The van der Waals surface area contributed by atoms with Gasteiger partial charge in [-0.25, -0.2) is 9.69 Å². The second-order valence-corrected chi connectivity index (χ2v) is 10.5. The standard InChI is InChI=1S/C32H23Cl3N2O6/c1-41-28-16-20(15-27(35)29(28)43-17-19-5-4-7-22(33)13-19)14-25-30(38)36-32(40)37(31(25)39)23-9-11-24(12-10-23)42-18-21-6-2-3-8-26(21)34/h2-16H,17-18H2,1H3,(H,36,38,40)/b25-14+. The average Bonchev–Trinajstić information content (AvgIpc) is 2.98. The monoisotopic (exact) mass is 636 g/mol. The molecule has 218 valence electrons. The number of urea groups is 1. The molecule has 1 aliphatic rings. The van der Waals surface area contributed by atoms with E-state index in [1.165, 1.54) is 19.3 Å². The zero-order chi connectivity index (χ0) is 30.5. The Labute approximate surface area is 262 Å². The van der Waals surface area contributed by atoms with Crippen LogP contribution in [0.5, 0.6) is 17.2 Å². The van der Waals surface area contributed by atoms with Crippen molar-refractivity contribution in [1.29, 1.82) is 0 Å². The third-order valence-corrected chi connectivity index (χ3v) is 7.27. The molecule has 0 radical (unpaired) electrons. The van der Waals surface area contributed by atoms with Gasteiger partial charge in [-0.1, -0.05) is 65.1 Å². The largest absolute Gasteiger partial charge is 0.493 e. The van der Waals surface area contributed by atoms with Crippen LogP contribution in [0.4, 0.5) is 10.5 Å². The lowest BCUT2D eigenvalue weighted by atomic mass is 10.1. The number of nitrogens with zero attached hydrogens (tertiary/aromatic N) is 1. The van der Waals surface area contributed by atoms with Gasteiger partial charge in [-0.05, 0) is 71.8 Å². The Morgan fingerprint density at radius 2 is 1.58 bits per heavy atom. The van der Waals surface area contributed by atoms with Crippen LogP contribution >= 0.6 is 34.8 Å². The van der Waals surface area contributed by atoms with Crippen molar-refractivity contribution >= 4 is 64.4 Å². The molecule has 1 heterocycles. The summed E-state index contributed by atoms with van der Waals surface area (Å²) in [6.45, 7) is 0.416. The molecule has 43 heavy (non-hydrogen) atoms. The molecule has 4 aromatic rings. The van der Waals surface area contributed by atoms with Gasteiger partial charge >= 0.3 is 6.03 Å². The third-order valence-electron chi connectivity index (χ3n) is 6.38. The number of halogens is 3. The Morgan fingerprint density at radius 1 is 0.814 bits per heavy atom. The van der Waals surface area contributed by atoms with Crippen LogP contribution in [0.2, 0.25) is 15.1 Å². The van der Waals surface area contributed by atoms with Gasteiger partial charge in [0, 0.05) is 15.6 Å². The lowest BCUT2D eigenvalue weighted by molar-refractivity contribution is -0.122.